The van der Waals surface area contributed by atoms with Crippen molar-refractivity contribution in [1.82, 2.24) is 10.2 Å². The topological polar surface area (TPSA) is 32.3 Å². The van der Waals surface area contributed by atoms with Gasteiger partial charge in [0.05, 0.1) is 12.1 Å². The van der Waals surface area contributed by atoms with Crippen LogP contribution in [-0.4, -0.2) is 29.9 Å². The molecule has 3 heteroatoms. The van der Waals surface area contributed by atoms with E-state index in [0.29, 0.717) is 0 Å². The quantitative estimate of drug-likeness (QED) is 0.882. The molecule has 2 rings (SSSR count). The summed E-state index contributed by atoms with van der Waals surface area (Å²) in [6.45, 7) is 8.00. The molecule has 0 bridgehead atoms. The van der Waals surface area contributed by atoms with Crippen molar-refractivity contribution >= 4 is 5.91 Å². The zero-order valence-electron chi connectivity index (χ0n) is 12.1. The standard InChI is InChI=1S/C16H24N2O/c1-4-18(5-2)12(3)16(19)17-15-11-10-13-8-6-7-9-14(13)15/h6-9,12,15H,4-5,10-11H2,1-3H3,(H,17,19). The van der Waals surface area contributed by atoms with E-state index in [0.717, 1.165) is 25.9 Å². The molecule has 1 aromatic rings. The number of rotatable bonds is 5. The Morgan fingerprint density at radius 2 is 2.05 bits per heavy atom. The Morgan fingerprint density at radius 1 is 1.37 bits per heavy atom. The second-order valence-electron chi connectivity index (χ2n) is 5.20. The van der Waals surface area contributed by atoms with Gasteiger partial charge in [0.1, 0.15) is 0 Å². The molecule has 0 saturated heterocycles. The normalized spacial score (nSPS) is 19.3. The van der Waals surface area contributed by atoms with Crippen LogP contribution in [0, 0.1) is 0 Å². The largest absolute Gasteiger partial charge is 0.348 e. The number of hydrogen-bond acceptors (Lipinski definition) is 2. The lowest BCUT2D eigenvalue weighted by Crippen LogP contribution is -2.45. The number of carbonyl (C=O) groups excluding carboxylic acids is 1. The highest BCUT2D eigenvalue weighted by Crippen LogP contribution is 2.30. The van der Waals surface area contributed by atoms with Crippen molar-refractivity contribution in [2.75, 3.05) is 13.1 Å². The first-order valence-corrected chi connectivity index (χ1v) is 7.29. The molecule has 1 aromatic carbocycles. The predicted octanol–water partition coefficient (Wildman–Crippen LogP) is 2.52. The lowest BCUT2D eigenvalue weighted by molar-refractivity contribution is -0.126. The van der Waals surface area contributed by atoms with Gasteiger partial charge in [-0.2, -0.15) is 0 Å². The molecule has 0 heterocycles. The van der Waals surface area contributed by atoms with Gasteiger partial charge in [0.15, 0.2) is 0 Å². The maximum atomic E-state index is 12.3. The number of amides is 1. The molecule has 1 aliphatic carbocycles. The zero-order valence-corrected chi connectivity index (χ0v) is 12.1. The molecule has 1 amide bonds. The minimum Gasteiger partial charge on any atom is -0.348 e. The summed E-state index contributed by atoms with van der Waals surface area (Å²) in [7, 11) is 0. The lowest BCUT2D eigenvalue weighted by Gasteiger charge is -2.27. The highest BCUT2D eigenvalue weighted by atomic mass is 16.2. The third-order valence-electron chi connectivity index (χ3n) is 4.19. The Bertz CT molecular complexity index is 440. The average Bonchev–Trinajstić information content (AvgIpc) is 2.83. The highest BCUT2D eigenvalue weighted by molar-refractivity contribution is 5.81. The minimum absolute atomic E-state index is 0.0530. The van der Waals surface area contributed by atoms with E-state index >= 15 is 0 Å². The van der Waals surface area contributed by atoms with E-state index in [1.54, 1.807) is 0 Å². The van der Waals surface area contributed by atoms with Crippen LogP contribution in [0.15, 0.2) is 24.3 Å². The molecule has 19 heavy (non-hydrogen) atoms. The monoisotopic (exact) mass is 260 g/mol. The number of aryl methyl sites for hydroxylation is 1. The van der Waals surface area contributed by atoms with Crippen molar-refractivity contribution < 1.29 is 4.79 Å². The van der Waals surface area contributed by atoms with Crippen LogP contribution in [0.3, 0.4) is 0 Å². The van der Waals surface area contributed by atoms with E-state index < -0.39 is 0 Å². The molecule has 0 fully saturated rings. The van der Waals surface area contributed by atoms with Gasteiger partial charge in [0.2, 0.25) is 5.91 Å². The van der Waals surface area contributed by atoms with Crippen LogP contribution < -0.4 is 5.32 Å². The highest BCUT2D eigenvalue weighted by Gasteiger charge is 2.26. The summed E-state index contributed by atoms with van der Waals surface area (Å²) in [5, 5.41) is 3.20. The first-order valence-electron chi connectivity index (χ1n) is 7.29. The van der Waals surface area contributed by atoms with Gasteiger partial charge in [-0.25, -0.2) is 0 Å². The summed E-state index contributed by atoms with van der Waals surface area (Å²) in [6, 6.07) is 8.56. The second kappa shape index (κ2) is 6.20. The van der Waals surface area contributed by atoms with E-state index in [-0.39, 0.29) is 18.0 Å². The number of fused-ring (bicyclic) bond motifs is 1. The fraction of sp³-hybridized carbons (Fsp3) is 0.562. The van der Waals surface area contributed by atoms with Gasteiger partial charge in [-0.1, -0.05) is 38.1 Å². The number of nitrogens with one attached hydrogen (secondary N) is 1. The molecule has 104 valence electrons. The Hall–Kier alpha value is -1.35. The molecule has 0 aromatic heterocycles. The summed E-state index contributed by atoms with van der Waals surface area (Å²) in [5.74, 6) is 0.144. The first-order chi connectivity index (χ1) is 9.17. The van der Waals surface area contributed by atoms with Crippen molar-refractivity contribution in [3.05, 3.63) is 35.4 Å². The van der Waals surface area contributed by atoms with Crippen molar-refractivity contribution in [1.29, 1.82) is 0 Å². The van der Waals surface area contributed by atoms with E-state index in [4.69, 9.17) is 0 Å². The van der Waals surface area contributed by atoms with Gasteiger partial charge in [-0.05, 0) is 44.0 Å². The van der Waals surface area contributed by atoms with Gasteiger partial charge in [-0.3, -0.25) is 9.69 Å². The van der Waals surface area contributed by atoms with Crippen LogP contribution in [0.4, 0.5) is 0 Å². The smallest absolute Gasteiger partial charge is 0.237 e. The van der Waals surface area contributed by atoms with Gasteiger partial charge >= 0.3 is 0 Å². The number of benzene rings is 1. The van der Waals surface area contributed by atoms with E-state index in [1.807, 2.05) is 6.92 Å². The predicted molar refractivity (Wildman–Crippen MR) is 78.0 cm³/mol. The lowest BCUT2D eigenvalue weighted by atomic mass is 10.1. The maximum absolute atomic E-state index is 12.3. The third-order valence-corrected chi connectivity index (χ3v) is 4.19. The Kier molecular flexibility index (Phi) is 4.59. The SMILES string of the molecule is CCN(CC)C(C)C(=O)NC1CCc2ccccc21. The summed E-state index contributed by atoms with van der Waals surface area (Å²) < 4.78 is 0. The van der Waals surface area contributed by atoms with E-state index in [1.165, 1.54) is 11.1 Å². The average molecular weight is 260 g/mol. The van der Waals surface area contributed by atoms with Crippen LogP contribution in [0.2, 0.25) is 0 Å². The third kappa shape index (κ3) is 2.98. The molecule has 1 N–H and O–H groups in total. The fourth-order valence-electron chi connectivity index (χ4n) is 2.94. The summed E-state index contributed by atoms with van der Waals surface area (Å²) in [6.07, 6.45) is 2.09. The molecule has 2 atom stereocenters. The molecule has 0 aliphatic heterocycles. The van der Waals surface area contributed by atoms with Crippen LogP contribution in [-0.2, 0) is 11.2 Å². The van der Waals surface area contributed by atoms with Crippen molar-refractivity contribution in [3.8, 4) is 0 Å². The van der Waals surface area contributed by atoms with Crippen LogP contribution in [0.25, 0.3) is 0 Å². The van der Waals surface area contributed by atoms with Crippen molar-refractivity contribution in [2.45, 2.75) is 45.7 Å². The van der Waals surface area contributed by atoms with Crippen LogP contribution in [0.1, 0.15) is 44.4 Å². The first kappa shape index (κ1) is 14.1. The zero-order chi connectivity index (χ0) is 13.8. The number of likely N-dealkylation sites (N-methyl/N-ethyl adjacent to an activating group) is 1. The Labute approximate surface area is 116 Å². The molecule has 1 aliphatic rings. The Balaban J connectivity index is 2.01. The molecule has 0 radical (unpaired) electrons. The molecule has 2 unspecified atom stereocenters. The number of carbonyl (C=O) groups is 1. The van der Waals surface area contributed by atoms with Gasteiger partial charge in [0, 0.05) is 0 Å². The van der Waals surface area contributed by atoms with Crippen LogP contribution in [0.5, 0.6) is 0 Å². The van der Waals surface area contributed by atoms with Gasteiger partial charge in [0.25, 0.3) is 0 Å². The molecule has 0 saturated carbocycles. The van der Waals surface area contributed by atoms with Crippen LogP contribution >= 0.6 is 0 Å². The maximum Gasteiger partial charge on any atom is 0.237 e. The minimum atomic E-state index is -0.0530. The Morgan fingerprint density at radius 3 is 2.74 bits per heavy atom. The summed E-state index contributed by atoms with van der Waals surface area (Å²) in [5.41, 5.74) is 2.67. The van der Waals surface area contributed by atoms with E-state index in [9.17, 15) is 4.79 Å². The molecule has 3 nitrogen and oxygen atoms in total. The van der Waals surface area contributed by atoms with Crippen molar-refractivity contribution in [3.63, 3.8) is 0 Å². The second-order valence-corrected chi connectivity index (χ2v) is 5.20. The van der Waals surface area contributed by atoms with Gasteiger partial charge in [-0.15, -0.1) is 0 Å². The fourth-order valence-corrected chi connectivity index (χ4v) is 2.94. The molecular formula is C16H24N2O. The van der Waals surface area contributed by atoms with Gasteiger partial charge < -0.3 is 5.32 Å². The van der Waals surface area contributed by atoms with Crippen molar-refractivity contribution in [2.24, 2.45) is 0 Å². The number of nitrogens with zero attached hydrogens (tertiary/aromatic N) is 1. The summed E-state index contributed by atoms with van der Waals surface area (Å²) in [4.78, 5) is 14.5. The summed E-state index contributed by atoms with van der Waals surface area (Å²) >= 11 is 0. The number of hydrogen-bond donors (Lipinski definition) is 1. The van der Waals surface area contributed by atoms with E-state index in [2.05, 4.69) is 48.3 Å². The molecule has 0 spiro atoms. The molecular weight excluding hydrogens is 236 g/mol.